The van der Waals surface area contributed by atoms with Crippen LogP contribution in [0.4, 0.5) is 0 Å². The van der Waals surface area contributed by atoms with Crippen molar-refractivity contribution in [1.29, 1.82) is 0 Å². The Kier molecular flexibility index (Phi) is 15.2. The van der Waals surface area contributed by atoms with Gasteiger partial charge in [0.2, 0.25) is 0 Å². The summed E-state index contributed by atoms with van der Waals surface area (Å²) in [4.78, 5) is 54.5. The molecule has 8 N–H and O–H groups in total. The second-order valence-corrected chi connectivity index (χ2v) is 6.71. The van der Waals surface area contributed by atoms with Crippen molar-refractivity contribution in [2.24, 2.45) is 0 Å². The number of rotatable bonds is 4. The normalized spacial score (nSPS) is 8.98. The molecule has 17 heteroatoms. The molecule has 0 aliphatic rings. The van der Waals surface area contributed by atoms with Gasteiger partial charge in [0.05, 0.1) is 0 Å². The fourth-order valence-electron chi connectivity index (χ4n) is 2.25. The van der Waals surface area contributed by atoms with Gasteiger partial charge in [0, 0.05) is 43.3 Å². The van der Waals surface area contributed by atoms with Crippen LogP contribution in [0, 0.1) is 0 Å². The van der Waals surface area contributed by atoms with Crippen LogP contribution in [0.15, 0.2) is 73.3 Å². The molecule has 4 heterocycles. The van der Waals surface area contributed by atoms with E-state index in [9.17, 15) is 19.2 Å². The van der Waals surface area contributed by atoms with Crippen molar-refractivity contribution < 1.29 is 78.6 Å². The first kappa shape index (κ1) is 35.3. The zero-order valence-electron chi connectivity index (χ0n) is 20.4. The summed E-state index contributed by atoms with van der Waals surface area (Å²) in [5.41, 5.74) is -1.27. The Labute approximate surface area is 241 Å². The molecule has 4 rings (SSSR count). The minimum absolute atomic E-state index is 0. The Morgan fingerprint density at radius 1 is 0.415 bits per heavy atom. The van der Waals surface area contributed by atoms with E-state index in [2.05, 4.69) is 19.9 Å². The average Bonchev–Trinajstić information content (AvgIpc) is 2.90. The minimum Gasteiger partial charge on any atom is -0.505 e. The van der Waals surface area contributed by atoms with Crippen molar-refractivity contribution in [2.45, 2.75) is 0 Å². The van der Waals surface area contributed by atoms with Gasteiger partial charge in [-0.15, -0.1) is 0 Å². The standard InChI is InChI=1S/4C6H5NO3.V/c4*8-4-2-1-3-7-5(4)6(9)10;/h4*1-3,8H,(H,9,10);. The first-order valence-electron chi connectivity index (χ1n) is 10.4. The predicted molar refractivity (Wildman–Crippen MR) is 131 cm³/mol. The van der Waals surface area contributed by atoms with E-state index >= 15 is 0 Å². The molecular weight excluding hydrogens is 587 g/mol. The molecule has 41 heavy (non-hydrogen) atoms. The molecule has 16 nitrogen and oxygen atoms in total. The second kappa shape index (κ2) is 17.7. The van der Waals surface area contributed by atoms with Crippen LogP contribution in [0.25, 0.3) is 0 Å². The summed E-state index contributed by atoms with van der Waals surface area (Å²) >= 11 is 0. The van der Waals surface area contributed by atoms with Gasteiger partial charge >= 0.3 is 23.9 Å². The van der Waals surface area contributed by atoms with E-state index in [1.165, 1.54) is 73.3 Å². The van der Waals surface area contributed by atoms with Gasteiger partial charge in [-0.3, -0.25) is 0 Å². The molecule has 0 aliphatic carbocycles. The van der Waals surface area contributed by atoms with Crippen LogP contribution in [-0.2, 0) is 18.6 Å². The minimum atomic E-state index is -1.22. The number of carboxylic acid groups (broad SMARTS) is 4. The third-order valence-electron chi connectivity index (χ3n) is 3.96. The largest absolute Gasteiger partial charge is 0.505 e. The molecular formula is C24H20N4O12V. The number of hydrogen-bond donors (Lipinski definition) is 8. The van der Waals surface area contributed by atoms with E-state index in [-0.39, 0.29) is 64.3 Å². The van der Waals surface area contributed by atoms with Crippen molar-refractivity contribution in [3.05, 3.63) is 96.1 Å². The van der Waals surface area contributed by atoms with Crippen LogP contribution in [0.5, 0.6) is 23.0 Å². The van der Waals surface area contributed by atoms with Gasteiger partial charge in [-0.1, -0.05) is 0 Å². The number of aromatic hydroxyl groups is 4. The fraction of sp³-hybridized carbons (Fsp3) is 0. The molecule has 1 radical (unpaired) electrons. The first-order valence-corrected chi connectivity index (χ1v) is 10.4. The Morgan fingerprint density at radius 2 is 0.585 bits per heavy atom. The molecule has 0 aromatic carbocycles. The molecule has 0 aliphatic heterocycles. The van der Waals surface area contributed by atoms with Crippen LogP contribution in [0.2, 0.25) is 0 Å². The summed E-state index contributed by atoms with van der Waals surface area (Å²) in [6.45, 7) is 0. The maximum absolute atomic E-state index is 10.2. The van der Waals surface area contributed by atoms with Crippen LogP contribution in [0.3, 0.4) is 0 Å². The van der Waals surface area contributed by atoms with Gasteiger partial charge in [-0.05, 0) is 48.5 Å². The molecule has 0 saturated heterocycles. The predicted octanol–water partition coefficient (Wildman–Crippen LogP) is 1.94. The Morgan fingerprint density at radius 3 is 0.683 bits per heavy atom. The van der Waals surface area contributed by atoms with Gasteiger partial charge in [0.25, 0.3) is 0 Å². The number of aromatic nitrogens is 4. The Balaban J connectivity index is 0.000000516. The van der Waals surface area contributed by atoms with Crippen LogP contribution < -0.4 is 0 Å². The molecule has 213 valence electrons. The number of hydrogen-bond acceptors (Lipinski definition) is 12. The van der Waals surface area contributed by atoms with Gasteiger partial charge < -0.3 is 40.9 Å². The number of nitrogens with zero attached hydrogens (tertiary/aromatic N) is 4. The second-order valence-electron chi connectivity index (χ2n) is 6.71. The molecule has 4 aromatic heterocycles. The quantitative estimate of drug-likeness (QED) is 0.164. The Hall–Kier alpha value is -5.74. The average molecular weight is 607 g/mol. The number of carbonyl (C=O) groups is 4. The van der Waals surface area contributed by atoms with Crippen molar-refractivity contribution in [3.8, 4) is 23.0 Å². The molecule has 0 atom stereocenters. The summed E-state index contributed by atoms with van der Waals surface area (Å²) in [6.07, 6.45) is 5.23. The third kappa shape index (κ3) is 12.1. The summed E-state index contributed by atoms with van der Waals surface area (Å²) < 4.78 is 0. The molecule has 0 amide bonds. The molecule has 0 unspecified atom stereocenters. The van der Waals surface area contributed by atoms with Crippen LogP contribution in [-0.4, -0.2) is 84.7 Å². The van der Waals surface area contributed by atoms with E-state index < -0.39 is 23.9 Å². The zero-order chi connectivity index (χ0) is 30.2. The maximum Gasteiger partial charge on any atom is 0.358 e. The van der Waals surface area contributed by atoms with E-state index in [0.29, 0.717) is 0 Å². The maximum atomic E-state index is 10.2. The smallest absolute Gasteiger partial charge is 0.358 e. The van der Waals surface area contributed by atoms with Crippen molar-refractivity contribution >= 4 is 23.9 Å². The SMILES string of the molecule is O=C(O)c1ncccc1O.O=C(O)c1ncccc1O.O=C(O)c1ncccc1O.O=C(O)c1ncccc1O.[V]. The topological polar surface area (TPSA) is 282 Å². The summed E-state index contributed by atoms with van der Waals surface area (Å²) in [6, 6.07) is 10.9. The van der Waals surface area contributed by atoms with Gasteiger partial charge in [0.1, 0.15) is 23.0 Å². The first-order chi connectivity index (χ1) is 18.9. The van der Waals surface area contributed by atoms with Gasteiger partial charge in [-0.25, -0.2) is 39.1 Å². The van der Waals surface area contributed by atoms with Crippen LogP contribution >= 0.6 is 0 Å². The number of pyridine rings is 4. The van der Waals surface area contributed by atoms with Gasteiger partial charge in [-0.2, -0.15) is 0 Å². The summed E-state index contributed by atoms with van der Waals surface area (Å²) in [5.74, 6) is -6.14. The van der Waals surface area contributed by atoms with Crippen molar-refractivity contribution in [2.75, 3.05) is 0 Å². The molecule has 0 bridgehead atoms. The van der Waals surface area contributed by atoms with Gasteiger partial charge in [0.15, 0.2) is 22.8 Å². The summed E-state index contributed by atoms with van der Waals surface area (Å²) in [7, 11) is 0. The summed E-state index contributed by atoms with van der Waals surface area (Å²) in [5, 5.41) is 68.7. The van der Waals surface area contributed by atoms with E-state index in [4.69, 9.17) is 40.9 Å². The Bertz CT molecular complexity index is 1260. The van der Waals surface area contributed by atoms with Crippen molar-refractivity contribution in [1.82, 2.24) is 19.9 Å². The molecule has 0 fully saturated rings. The van der Waals surface area contributed by atoms with E-state index in [1.54, 1.807) is 0 Å². The molecule has 4 aromatic rings. The monoisotopic (exact) mass is 607 g/mol. The van der Waals surface area contributed by atoms with E-state index in [1.807, 2.05) is 0 Å². The number of carboxylic acids is 4. The molecule has 0 spiro atoms. The zero-order valence-corrected chi connectivity index (χ0v) is 21.8. The number of aromatic carboxylic acids is 4. The van der Waals surface area contributed by atoms with Crippen molar-refractivity contribution in [3.63, 3.8) is 0 Å². The third-order valence-corrected chi connectivity index (χ3v) is 3.96. The fourth-order valence-corrected chi connectivity index (χ4v) is 2.25. The van der Waals surface area contributed by atoms with E-state index in [0.717, 1.165) is 0 Å². The van der Waals surface area contributed by atoms with Crippen LogP contribution in [0.1, 0.15) is 42.0 Å². The molecule has 0 saturated carbocycles.